The zero-order chi connectivity index (χ0) is 11.4. The van der Waals surface area contributed by atoms with Crippen LogP contribution in [0.1, 0.15) is 18.9 Å². The largest absolute Gasteiger partial charge is 0.479 e. The molecule has 0 radical (unpaired) electrons. The first-order valence-corrected chi connectivity index (χ1v) is 5.61. The highest BCUT2D eigenvalue weighted by atomic mass is 16.5. The summed E-state index contributed by atoms with van der Waals surface area (Å²) in [6.07, 6.45) is 1.28. The normalized spacial score (nSPS) is 22.5. The number of nitrogens with one attached hydrogen (secondary N) is 1. The van der Waals surface area contributed by atoms with Crippen molar-refractivity contribution in [2.24, 2.45) is 5.92 Å². The van der Waals surface area contributed by atoms with Crippen molar-refractivity contribution in [2.75, 3.05) is 6.61 Å². The van der Waals surface area contributed by atoms with Crippen molar-refractivity contribution in [2.45, 2.75) is 25.9 Å². The van der Waals surface area contributed by atoms with Gasteiger partial charge in [0.2, 0.25) is 0 Å². The van der Waals surface area contributed by atoms with E-state index in [1.54, 1.807) is 0 Å². The zero-order valence-electron chi connectivity index (χ0n) is 9.44. The van der Waals surface area contributed by atoms with E-state index >= 15 is 0 Å². The predicted molar refractivity (Wildman–Crippen MR) is 62.0 cm³/mol. The lowest BCUT2D eigenvalue weighted by atomic mass is 10.2. The van der Waals surface area contributed by atoms with Crippen LogP contribution < -0.4 is 10.1 Å². The van der Waals surface area contributed by atoms with Gasteiger partial charge in [0.05, 0.1) is 0 Å². The maximum absolute atomic E-state index is 8.42. The number of rotatable bonds is 5. The third-order valence-corrected chi connectivity index (χ3v) is 2.88. The van der Waals surface area contributed by atoms with Crippen molar-refractivity contribution < 1.29 is 4.74 Å². The molecule has 2 rings (SSSR count). The summed E-state index contributed by atoms with van der Waals surface area (Å²) in [7, 11) is 0. The van der Waals surface area contributed by atoms with Crippen LogP contribution in [0.15, 0.2) is 24.3 Å². The first kappa shape index (κ1) is 11.0. The number of hydrogen-bond donors (Lipinski definition) is 1. The van der Waals surface area contributed by atoms with Crippen LogP contribution in [-0.4, -0.2) is 12.6 Å². The van der Waals surface area contributed by atoms with Crippen LogP contribution in [0.4, 0.5) is 0 Å². The van der Waals surface area contributed by atoms with Crippen molar-refractivity contribution in [3.63, 3.8) is 0 Å². The summed E-state index contributed by atoms with van der Waals surface area (Å²) in [5, 5.41) is 11.9. The molecule has 0 spiro atoms. The van der Waals surface area contributed by atoms with Gasteiger partial charge in [-0.1, -0.05) is 19.1 Å². The van der Waals surface area contributed by atoms with E-state index in [0.717, 1.165) is 18.2 Å². The van der Waals surface area contributed by atoms with Crippen LogP contribution in [0.2, 0.25) is 0 Å². The molecule has 0 aliphatic heterocycles. The molecule has 84 valence electrons. The second kappa shape index (κ2) is 5.00. The molecule has 1 aliphatic rings. The van der Waals surface area contributed by atoms with Crippen molar-refractivity contribution in [3.05, 3.63) is 29.8 Å². The molecule has 16 heavy (non-hydrogen) atoms. The lowest BCUT2D eigenvalue weighted by molar-refractivity contribution is 0.367. The maximum atomic E-state index is 8.42. The molecule has 1 aliphatic carbocycles. The molecule has 0 aromatic heterocycles. The monoisotopic (exact) mass is 216 g/mol. The molecule has 1 saturated carbocycles. The Labute approximate surface area is 96.0 Å². The second-order valence-corrected chi connectivity index (χ2v) is 4.29. The Morgan fingerprint density at radius 1 is 1.56 bits per heavy atom. The molecule has 2 atom stereocenters. The highest BCUT2D eigenvalue weighted by Crippen LogP contribution is 2.29. The molecule has 3 nitrogen and oxygen atoms in total. The third-order valence-electron chi connectivity index (χ3n) is 2.88. The molecule has 1 N–H and O–H groups in total. The van der Waals surface area contributed by atoms with Gasteiger partial charge in [-0.05, 0) is 30.0 Å². The number of nitrogens with zero attached hydrogens (tertiary/aromatic N) is 1. The van der Waals surface area contributed by atoms with Gasteiger partial charge in [0, 0.05) is 12.6 Å². The van der Waals surface area contributed by atoms with Crippen molar-refractivity contribution >= 4 is 0 Å². The molecule has 0 bridgehead atoms. The minimum atomic E-state index is 0.108. The SMILES string of the molecule is CC1CC1NCc1cccc(OCC#N)c1. The fraction of sp³-hybridized carbons (Fsp3) is 0.462. The molecule has 1 aromatic rings. The predicted octanol–water partition coefficient (Wildman–Crippen LogP) is 2.09. The van der Waals surface area contributed by atoms with Crippen molar-refractivity contribution in [1.82, 2.24) is 5.32 Å². The van der Waals surface area contributed by atoms with E-state index in [1.807, 2.05) is 24.3 Å². The van der Waals surface area contributed by atoms with E-state index in [2.05, 4.69) is 18.3 Å². The average molecular weight is 216 g/mol. The van der Waals surface area contributed by atoms with Crippen LogP contribution in [0.25, 0.3) is 0 Å². The summed E-state index contributed by atoms with van der Waals surface area (Å²) < 4.78 is 5.25. The van der Waals surface area contributed by atoms with E-state index in [1.165, 1.54) is 12.0 Å². The van der Waals surface area contributed by atoms with Crippen LogP contribution >= 0.6 is 0 Å². The van der Waals surface area contributed by atoms with Crippen LogP contribution in [0.3, 0.4) is 0 Å². The zero-order valence-corrected chi connectivity index (χ0v) is 9.44. The highest BCUT2D eigenvalue weighted by Gasteiger charge is 2.31. The van der Waals surface area contributed by atoms with E-state index in [-0.39, 0.29) is 6.61 Å². The summed E-state index contributed by atoms with van der Waals surface area (Å²) >= 11 is 0. The van der Waals surface area contributed by atoms with Gasteiger partial charge in [-0.25, -0.2) is 0 Å². The first-order valence-electron chi connectivity index (χ1n) is 5.61. The van der Waals surface area contributed by atoms with Crippen molar-refractivity contribution in [3.8, 4) is 11.8 Å². The van der Waals surface area contributed by atoms with Gasteiger partial charge >= 0.3 is 0 Å². The Kier molecular flexibility index (Phi) is 3.43. The fourth-order valence-corrected chi connectivity index (χ4v) is 1.72. The van der Waals surface area contributed by atoms with Crippen LogP contribution in [0, 0.1) is 17.2 Å². The summed E-state index contributed by atoms with van der Waals surface area (Å²) in [5.74, 6) is 1.59. The lowest BCUT2D eigenvalue weighted by Gasteiger charge is -2.06. The standard InChI is InChI=1S/C13H16N2O/c1-10-7-13(10)15-9-11-3-2-4-12(8-11)16-6-5-14/h2-4,8,10,13,15H,6-7,9H2,1H3. The smallest absolute Gasteiger partial charge is 0.174 e. The van der Waals surface area contributed by atoms with E-state index < -0.39 is 0 Å². The number of ether oxygens (including phenoxy) is 1. The van der Waals surface area contributed by atoms with Crippen LogP contribution in [-0.2, 0) is 6.54 Å². The second-order valence-electron chi connectivity index (χ2n) is 4.29. The minimum absolute atomic E-state index is 0.108. The number of hydrogen-bond acceptors (Lipinski definition) is 3. The molecule has 1 aromatic carbocycles. The molecule has 1 fully saturated rings. The van der Waals surface area contributed by atoms with Gasteiger partial charge < -0.3 is 10.1 Å². The third kappa shape index (κ3) is 2.98. The first-order chi connectivity index (χ1) is 7.79. The summed E-state index contributed by atoms with van der Waals surface area (Å²) in [4.78, 5) is 0. The summed E-state index contributed by atoms with van der Waals surface area (Å²) in [6, 6.07) is 10.5. The Morgan fingerprint density at radius 3 is 3.06 bits per heavy atom. The lowest BCUT2D eigenvalue weighted by Crippen LogP contribution is -2.16. The molecule has 0 saturated heterocycles. The van der Waals surface area contributed by atoms with Crippen molar-refractivity contribution in [1.29, 1.82) is 5.26 Å². The Balaban J connectivity index is 1.86. The van der Waals surface area contributed by atoms with Gasteiger partial charge in [0.25, 0.3) is 0 Å². The van der Waals surface area contributed by atoms with Gasteiger partial charge in [-0.15, -0.1) is 0 Å². The van der Waals surface area contributed by atoms with E-state index in [9.17, 15) is 0 Å². The van der Waals surface area contributed by atoms with Gasteiger partial charge in [0.15, 0.2) is 6.61 Å². The highest BCUT2D eigenvalue weighted by molar-refractivity contribution is 5.28. The van der Waals surface area contributed by atoms with Gasteiger partial charge in [0.1, 0.15) is 11.8 Å². The minimum Gasteiger partial charge on any atom is -0.479 e. The number of nitriles is 1. The molecule has 0 heterocycles. The summed E-state index contributed by atoms with van der Waals surface area (Å²) in [5.41, 5.74) is 1.20. The Bertz CT molecular complexity index is 397. The Morgan fingerprint density at radius 2 is 2.38 bits per heavy atom. The van der Waals surface area contributed by atoms with Gasteiger partial charge in [-0.3, -0.25) is 0 Å². The molecule has 2 unspecified atom stereocenters. The van der Waals surface area contributed by atoms with E-state index in [4.69, 9.17) is 10.00 Å². The number of benzene rings is 1. The Hall–Kier alpha value is -1.53. The molecule has 3 heteroatoms. The van der Waals surface area contributed by atoms with E-state index in [0.29, 0.717) is 6.04 Å². The fourth-order valence-electron chi connectivity index (χ4n) is 1.72. The summed E-state index contributed by atoms with van der Waals surface area (Å²) in [6.45, 7) is 3.24. The van der Waals surface area contributed by atoms with Crippen LogP contribution in [0.5, 0.6) is 5.75 Å². The molecular formula is C13H16N2O. The molecular weight excluding hydrogens is 200 g/mol. The van der Waals surface area contributed by atoms with Gasteiger partial charge in [-0.2, -0.15) is 5.26 Å². The quantitative estimate of drug-likeness (QED) is 0.819. The maximum Gasteiger partial charge on any atom is 0.174 e. The topological polar surface area (TPSA) is 45.0 Å². The molecule has 0 amide bonds. The average Bonchev–Trinajstić information content (AvgIpc) is 3.01.